The Morgan fingerprint density at radius 2 is 2.39 bits per heavy atom. The molecule has 0 bridgehead atoms. The van der Waals surface area contributed by atoms with Crippen LogP contribution in [0.4, 0.5) is 4.79 Å². The molecule has 0 unspecified atom stereocenters. The van der Waals surface area contributed by atoms with E-state index in [2.05, 4.69) is 15.1 Å². The number of aromatic nitrogens is 4. The van der Waals surface area contributed by atoms with E-state index in [0.717, 1.165) is 11.3 Å². The lowest BCUT2D eigenvalue weighted by molar-refractivity contribution is 0.120. The molecule has 92 valence electrons. The molecule has 3 rings (SSSR count). The Morgan fingerprint density at radius 3 is 3.22 bits per heavy atom. The lowest BCUT2D eigenvalue weighted by atomic mass is 10.1. The third-order valence-electron chi connectivity index (χ3n) is 2.68. The number of carbonyl (C=O) groups is 1. The molecule has 3 heterocycles. The monoisotopic (exact) mass is 245 g/mol. The Kier molecular flexibility index (Phi) is 2.44. The molecule has 0 aliphatic carbocycles. The summed E-state index contributed by atoms with van der Waals surface area (Å²) in [5.74, 6) is 0.544. The van der Waals surface area contributed by atoms with Gasteiger partial charge < -0.3 is 4.74 Å². The average Bonchev–Trinajstić information content (AvgIpc) is 2.87. The Morgan fingerprint density at radius 1 is 1.50 bits per heavy atom. The number of carbonyl (C=O) groups excluding carboxylic acids is 1. The first-order chi connectivity index (χ1) is 8.79. The molecular weight excluding hydrogens is 234 g/mol. The second kappa shape index (κ2) is 4.10. The standard InChI is InChI=1S/C11H11N5O2/c1-2-18-11(17)15-4-3-9-8(6-15)5-12-10-13-7-14-16(9)10/h3-5,7H,2,6H2,1H3. The summed E-state index contributed by atoms with van der Waals surface area (Å²) in [7, 11) is 0. The van der Waals surface area contributed by atoms with Gasteiger partial charge in [-0.15, -0.1) is 0 Å². The highest BCUT2D eigenvalue weighted by Crippen LogP contribution is 2.19. The highest BCUT2D eigenvalue weighted by atomic mass is 16.6. The van der Waals surface area contributed by atoms with Crippen molar-refractivity contribution >= 4 is 17.9 Å². The SMILES string of the molecule is CCOC(=O)N1C=Cc2c(cnc3ncnn23)C1. The molecule has 0 saturated carbocycles. The maximum atomic E-state index is 11.6. The molecule has 7 heteroatoms. The molecular formula is C11H11N5O2. The maximum absolute atomic E-state index is 11.6. The fraction of sp³-hybridized carbons (Fsp3) is 0.273. The Bertz CT molecular complexity index is 633. The van der Waals surface area contributed by atoms with Gasteiger partial charge in [0.05, 0.1) is 18.8 Å². The Balaban J connectivity index is 1.97. The third-order valence-corrected chi connectivity index (χ3v) is 2.68. The van der Waals surface area contributed by atoms with E-state index >= 15 is 0 Å². The van der Waals surface area contributed by atoms with Crippen molar-refractivity contribution in [1.82, 2.24) is 24.5 Å². The van der Waals surface area contributed by atoms with Crippen LogP contribution in [0.3, 0.4) is 0 Å². The normalized spacial score (nSPS) is 13.7. The van der Waals surface area contributed by atoms with Gasteiger partial charge >= 0.3 is 6.09 Å². The summed E-state index contributed by atoms with van der Waals surface area (Å²) in [6.07, 6.45) is 6.28. The summed E-state index contributed by atoms with van der Waals surface area (Å²) in [5.41, 5.74) is 1.79. The number of hydrogen-bond acceptors (Lipinski definition) is 5. The first-order valence-corrected chi connectivity index (χ1v) is 5.59. The summed E-state index contributed by atoms with van der Waals surface area (Å²) < 4.78 is 6.60. The van der Waals surface area contributed by atoms with Crippen molar-refractivity contribution in [1.29, 1.82) is 0 Å². The maximum Gasteiger partial charge on any atom is 0.414 e. The van der Waals surface area contributed by atoms with Gasteiger partial charge in [0, 0.05) is 18.0 Å². The predicted molar refractivity (Wildman–Crippen MR) is 62.4 cm³/mol. The number of hydrogen-bond donors (Lipinski definition) is 0. The minimum Gasteiger partial charge on any atom is -0.449 e. The first kappa shape index (κ1) is 10.7. The van der Waals surface area contributed by atoms with Gasteiger partial charge in [0.1, 0.15) is 6.33 Å². The zero-order valence-corrected chi connectivity index (χ0v) is 9.78. The zero-order chi connectivity index (χ0) is 12.5. The fourth-order valence-electron chi connectivity index (χ4n) is 1.86. The van der Waals surface area contributed by atoms with E-state index in [-0.39, 0.29) is 6.09 Å². The third kappa shape index (κ3) is 1.60. The van der Waals surface area contributed by atoms with E-state index in [1.807, 2.05) is 0 Å². The summed E-state index contributed by atoms with van der Waals surface area (Å²) in [5, 5.41) is 4.10. The van der Waals surface area contributed by atoms with Crippen LogP contribution in [-0.2, 0) is 11.3 Å². The summed E-state index contributed by atoms with van der Waals surface area (Å²) in [6.45, 7) is 2.56. The molecule has 0 radical (unpaired) electrons. The van der Waals surface area contributed by atoms with Gasteiger partial charge in [-0.2, -0.15) is 14.6 Å². The van der Waals surface area contributed by atoms with Crippen molar-refractivity contribution in [2.75, 3.05) is 6.61 Å². The van der Waals surface area contributed by atoms with Gasteiger partial charge in [0.15, 0.2) is 0 Å². The average molecular weight is 245 g/mol. The van der Waals surface area contributed by atoms with E-state index in [1.54, 1.807) is 29.9 Å². The molecule has 2 aromatic rings. The lowest BCUT2D eigenvalue weighted by Gasteiger charge is -2.22. The van der Waals surface area contributed by atoms with Crippen LogP contribution in [0.5, 0.6) is 0 Å². The molecule has 0 spiro atoms. The van der Waals surface area contributed by atoms with Crippen molar-refractivity contribution in [2.24, 2.45) is 0 Å². The second-order valence-corrected chi connectivity index (χ2v) is 3.78. The number of amides is 1. The van der Waals surface area contributed by atoms with Crippen LogP contribution < -0.4 is 0 Å². The predicted octanol–water partition coefficient (Wildman–Crippen LogP) is 1.07. The summed E-state index contributed by atoms with van der Waals surface area (Å²) in [6, 6.07) is 0. The van der Waals surface area contributed by atoms with E-state index in [9.17, 15) is 4.79 Å². The van der Waals surface area contributed by atoms with Crippen molar-refractivity contribution in [3.05, 3.63) is 30.0 Å². The van der Waals surface area contributed by atoms with E-state index in [4.69, 9.17) is 4.74 Å². The Hall–Kier alpha value is -2.44. The van der Waals surface area contributed by atoms with Crippen LogP contribution in [0.1, 0.15) is 18.2 Å². The first-order valence-electron chi connectivity index (χ1n) is 5.59. The van der Waals surface area contributed by atoms with Gasteiger partial charge in [-0.3, -0.25) is 4.90 Å². The van der Waals surface area contributed by atoms with Crippen LogP contribution in [0.15, 0.2) is 18.7 Å². The summed E-state index contributed by atoms with van der Waals surface area (Å²) in [4.78, 5) is 21.3. The van der Waals surface area contributed by atoms with Crippen LogP contribution in [0.2, 0.25) is 0 Å². The molecule has 1 aliphatic rings. The van der Waals surface area contributed by atoms with Crippen LogP contribution in [0.25, 0.3) is 11.9 Å². The number of rotatable bonds is 1. The van der Waals surface area contributed by atoms with E-state index < -0.39 is 0 Å². The lowest BCUT2D eigenvalue weighted by Crippen LogP contribution is -2.28. The molecule has 7 nitrogen and oxygen atoms in total. The zero-order valence-electron chi connectivity index (χ0n) is 9.78. The molecule has 1 amide bonds. The van der Waals surface area contributed by atoms with Crippen molar-refractivity contribution in [3.8, 4) is 0 Å². The molecule has 0 atom stereocenters. The molecule has 0 fully saturated rings. The molecule has 0 aromatic carbocycles. The van der Waals surface area contributed by atoms with E-state index in [1.165, 1.54) is 11.2 Å². The van der Waals surface area contributed by atoms with Gasteiger partial charge in [-0.05, 0) is 13.0 Å². The van der Waals surface area contributed by atoms with Crippen LogP contribution in [0, 0.1) is 0 Å². The minimum atomic E-state index is -0.363. The summed E-state index contributed by atoms with van der Waals surface area (Å²) >= 11 is 0. The molecule has 1 aliphatic heterocycles. The second-order valence-electron chi connectivity index (χ2n) is 3.78. The highest BCUT2D eigenvalue weighted by molar-refractivity contribution is 5.72. The molecule has 2 aromatic heterocycles. The highest BCUT2D eigenvalue weighted by Gasteiger charge is 2.20. The number of ether oxygens (including phenoxy) is 1. The fourth-order valence-corrected chi connectivity index (χ4v) is 1.86. The minimum absolute atomic E-state index is 0.358. The quantitative estimate of drug-likeness (QED) is 0.751. The molecule has 0 saturated heterocycles. The molecule has 0 N–H and O–H groups in total. The van der Waals surface area contributed by atoms with Gasteiger partial charge in [-0.1, -0.05) is 0 Å². The largest absolute Gasteiger partial charge is 0.449 e. The Labute approximate surface area is 103 Å². The molecule has 18 heavy (non-hydrogen) atoms. The smallest absolute Gasteiger partial charge is 0.414 e. The topological polar surface area (TPSA) is 72.6 Å². The van der Waals surface area contributed by atoms with Crippen molar-refractivity contribution < 1.29 is 9.53 Å². The van der Waals surface area contributed by atoms with Gasteiger partial charge in [0.25, 0.3) is 5.78 Å². The number of nitrogens with zero attached hydrogens (tertiary/aromatic N) is 5. The van der Waals surface area contributed by atoms with Crippen molar-refractivity contribution in [3.63, 3.8) is 0 Å². The van der Waals surface area contributed by atoms with Gasteiger partial charge in [0.2, 0.25) is 0 Å². The van der Waals surface area contributed by atoms with Gasteiger partial charge in [-0.25, -0.2) is 9.78 Å². The van der Waals surface area contributed by atoms with E-state index in [0.29, 0.717) is 18.9 Å². The van der Waals surface area contributed by atoms with Crippen LogP contribution >= 0.6 is 0 Å². The van der Waals surface area contributed by atoms with Crippen molar-refractivity contribution in [2.45, 2.75) is 13.5 Å². The number of fused-ring (bicyclic) bond motifs is 3. The van der Waals surface area contributed by atoms with Crippen LogP contribution in [-0.4, -0.2) is 37.2 Å².